The van der Waals surface area contributed by atoms with E-state index in [-0.39, 0.29) is 17.1 Å². The van der Waals surface area contributed by atoms with E-state index in [1.54, 1.807) is 12.1 Å². The van der Waals surface area contributed by atoms with Gasteiger partial charge in [0, 0.05) is 6.54 Å². The monoisotopic (exact) mass is 350 g/mol. The Kier molecular flexibility index (Phi) is 6.14. The Hall–Kier alpha value is -2.60. The van der Waals surface area contributed by atoms with Gasteiger partial charge in [0.05, 0.1) is 16.3 Å². The molecule has 7 heteroatoms. The van der Waals surface area contributed by atoms with Crippen LogP contribution in [0.4, 0.5) is 10.1 Å². The van der Waals surface area contributed by atoms with E-state index in [0.29, 0.717) is 18.0 Å². The Bertz CT molecular complexity index is 735. The molecule has 2 rings (SSSR count). The number of nitrogens with one attached hydrogen (secondary N) is 1. The van der Waals surface area contributed by atoms with Crippen molar-refractivity contribution >= 4 is 29.2 Å². The van der Waals surface area contributed by atoms with E-state index in [2.05, 4.69) is 5.32 Å². The lowest BCUT2D eigenvalue weighted by molar-refractivity contribution is -0.124. The average Bonchev–Trinajstić information content (AvgIpc) is 2.57. The number of rotatable bonds is 6. The van der Waals surface area contributed by atoms with Crippen LogP contribution < -0.4 is 11.1 Å². The van der Waals surface area contributed by atoms with Gasteiger partial charge in [-0.2, -0.15) is 0 Å². The molecule has 0 radical (unpaired) electrons. The second kappa shape index (κ2) is 8.31. The normalized spacial score (nSPS) is 10.2. The lowest BCUT2D eigenvalue weighted by Crippen LogP contribution is -2.30. The van der Waals surface area contributed by atoms with Gasteiger partial charge >= 0.3 is 5.97 Å². The molecule has 0 atom stereocenters. The van der Waals surface area contributed by atoms with Gasteiger partial charge in [-0.3, -0.25) is 4.79 Å². The fraction of sp³-hybridized carbons (Fsp3) is 0.176. The van der Waals surface area contributed by atoms with E-state index in [4.69, 9.17) is 22.1 Å². The quantitative estimate of drug-likeness (QED) is 0.619. The van der Waals surface area contributed by atoms with Crippen LogP contribution in [0.15, 0.2) is 42.5 Å². The van der Waals surface area contributed by atoms with Crippen molar-refractivity contribution in [3.8, 4) is 0 Å². The standard InChI is InChI=1S/C17H16ClFN2O3/c18-14-6-3-12(9-15(14)20)17(23)24-10-16(22)21-8-7-11-1-4-13(19)5-2-11/h1-6,9H,7-8,10,20H2,(H,21,22). The number of halogens is 2. The molecular formula is C17H16ClFN2O3. The van der Waals surface area contributed by atoms with Crippen LogP contribution in [0.3, 0.4) is 0 Å². The minimum atomic E-state index is -0.660. The topological polar surface area (TPSA) is 81.4 Å². The predicted molar refractivity (Wildman–Crippen MR) is 89.3 cm³/mol. The third kappa shape index (κ3) is 5.24. The highest BCUT2D eigenvalue weighted by Crippen LogP contribution is 2.19. The number of carbonyl (C=O) groups excluding carboxylic acids is 2. The SMILES string of the molecule is Nc1cc(C(=O)OCC(=O)NCCc2ccc(F)cc2)ccc1Cl. The summed E-state index contributed by atoms with van der Waals surface area (Å²) in [7, 11) is 0. The fourth-order valence-corrected chi connectivity index (χ4v) is 2.05. The van der Waals surface area contributed by atoms with Gasteiger partial charge < -0.3 is 15.8 Å². The van der Waals surface area contributed by atoms with Crippen molar-refractivity contribution in [3.05, 3.63) is 64.4 Å². The molecule has 0 fully saturated rings. The highest BCUT2D eigenvalue weighted by atomic mass is 35.5. The van der Waals surface area contributed by atoms with Crippen molar-refractivity contribution in [3.63, 3.8) is 0 Å². The van der Waals surface area contributed by atoms with Crippen LogP contribution in [-0.4, -0.2) is 25.0 Å². The Morgan fingerprint density at radius 1 is 1.17 bits per heavy atom. The lowest BCUT2D eigenvalue weighted by Gasteiger charge is -2.07. The molecule has 24 heavy (non-hydrogen) atoms. The second-order valence-electron chi connectivity index (χ2n) is 5.04. The largest absolute Gasteiger partial charge is 0.452 e. The Morgan fingerprint density at radius 2 is 1.88 bits per heavy atom. The Labute approximate surface area is 143 Å². The maximum absolute atomic E-state index is 12.8. The van der Waals surface area contributed by atoms with E-state index >= 15 is 0 Å². The van der Waals surface area contributed by atoms with Gasteiger partial charge in [-0.1, -0.05) is 23.7 Å². The summed E-state index contributed by atoms with van der Waals surface area (Å²) in [5.41, 5.74) is 6.97. The summed E-state index contributed by atoms with van der Waals surface area (Å²) >= 11 is 5.77. The van der Waals surface area contributed by atoms with Gasteiger partial charge in [-0.05, 0) is 42.3 Å². The third-order valence-corrected chi connectivity index (χ3v) is 3.56. The highest BCUT2D eigenvalue weighted by Gasteiger charge is 2.11. The Morgan fingerprint density at radius 3 is 2.54 bits per heavy atom. The summed E-state index contributed by atoms with van der Waals surface area (Å²) in [6.45, 7) is -0.0410. The summed E-state index contributed by atoms with van der Waals surface area (Å²) in [5, 5.41) is 2.96. The molecule has 2 aromatic carbocycles. The van der Waals surface area contributed by atoms with Crippen LogP contribution in [-0.2, 0) is 16.0 Å². The molecule has 0 saturated carbocycles. The molecule has 5 nitrogen and oxygen atoms in total. The minimum absolute atomic E-state index is 0.219. The van der Waals surface area contributed by atoms with Crippen LogP contribution in [0.2, 0.25) is 5.02 Å². The summed E-state index contributed by atoms with van der Waals surface area (Å²) in [6, 6.07) is 10.3. The molecule has 0 unspecified atom stereocenters. The summed E-state index contributed by atoms with van der Waals surface area (Å²) in [5.74, 6) is -1.39. The van der Waals surface area contributed by atoms with Crippen molar-refractivity contribution in [2.75, 3.05) is 18.9 Å². The molecule has 0 aliphatic heterocycles. The van der Waals surface area contributed by atoms with Crippen LogP contribution in [0, 0.1) is 5.82 Å². The number of nitrogen functional groups attached to an aromatic ring is 1. The molecule has 0 saturated heterocycles. The van der Waals surface area contributed by atoms with Gasteiger partial charge in [0.25, 0.3) is 5.91 Å². The van der Waals surface area contributed by atoms with E-state index in [1.807, 2.05) is 0 Å². The molecule has 0 aromatic heterocycles. The number of nitrogens with two attached hydrogens (primary N) is 1. The molecule has 1 amide bonds. The molecule has 0 bridgehead atoms. The molecule has 2 aromatic rings. The van der Waals surface area contributed by atoms with Crippen LogP contribution >= 0.6 is 11.6 Å². The smallest absolute Gasteiger partial charge is 0.338 e. The van der Waals surface area contributed by atoms with Crippen LogP contribution in [0.1, 0.15) is 15.9 Å². The first kappa shape index (κ1) is 17.7. The van der Waals surface area contributed by atoms with Crippen molar-refractivity contribution in [1.29, 1.82) is 0 Å². The van der Waals surface area contributed by atoms with E-state index in [0.717, 1.165) is 5.56 Å². The van der Waals surface area contributed by atoms with Crippen LogP contribution in [0.25, 0.3) is 0 Å². The molecule has 0 heterocycles. The number of esters is 1. The first-order valence-electron chi connectivity index (χ1n) is 7.19. The number of carbonyl (C=O) groups is 2. The average molecular weight is 351 g/mol. The summed E-state index contributed by atoms with van der Waals surface area (Å²) < 4.78 is 17.7. The van der Waals surface area contributed by atoms with Gasteiger partial charge in [0.15, 0.2) is 6.61 Å². The maximum Gasteiger partial charge on any atom is 0.338 e. The van der Waals surface area contributed by atoms with Crippen LogP contribution in [0.5, 0.6) is 0 Å². The number of hydrogen-bond donors (Lipinski definition) is 2. The van der Waals surface area contributed by atoms with E-state index in [1.165, 1.54) is 30.3 Å². The first-order valence-corrected chi connectivity index (χ1v) is 7.57. The fourth-order valence-electron chi connectivity index (χ4n) is 1.93. The van der Waals surface area contributed by atoms with Crippen molar-refractivity contribution in [1.82, 2.24) is 5.32 Å². The molecular weight excluding hydrogens is 335 g/mol. The zero-order chi connectivity index (χ0) is 17.5. The number of hydrogen-bond acceptors (Lipinski definition) is 4. The lowest BCUT2D eigenvalue weighted by atomic mass is 10.1. The molecule has 0 aliphatic carbocycles. The van der Waals surface area contributed by atoms with Gasteiger partial charge in [-0.15, -0.1) is 0 Å². The van der Waals surface area contributed by atoms with E-state index in [9.17, 15) is 14.0 Å². The molecule has 0 aliphatic rings. The molecule has 126 valence electrons. The maximum atomic E-state index is 12.8. The van der Waals surface area contributed by atoms with Crippen molar-refractivity contribution in [2.24, 2.45) is 0 Å². The third-order valence-electron chi connectivity index (χ3n) is 3.22. The van der Waals surface area contributed by atoms with E-state index < -0.39 is 18.5 Å². The number of amides is 1. The highest BCUT2D eigenvalue weighted by molar-refractivity contribution is 6.33. The van der Waals surface area contributed by atoms with Gasteiger partial charge in [0.2, 0.25) is 0 Å². The summed E-state index contributed by atoms with van der Waals surface area (Å²) in [4.78, 5) is 23.5. The zero-order valence-corrected chi connectivity index (χ0v) is 13.5. The molecule has 3 N–H and O–H groups in total. The van der Waals surface area contributed by atoms with Gasteiger partial charge in [-0.25, -0.2) is 9.18 Å². The predicted octanol–water partition coefficient (Wildman–Crippen LogP) is 2.58. The number of benzene rings is 2. The first-order chi connectivity index (χ1) is 11.5. The van der Waals surface area contributed by atoms with Crippen molar-refractivity contribution in [2.45, 2.75) is 6.42 Å². The molecule has 0 spiro atoms. The summed E-state index contributed by atoms with van der Waals surface area (Å²) in [6.07, 6.45) is 0.549. The number of anilines is 1. The Balaban J connectivity index is 1.73. The number of ether oxygens (including phenoxy) is 1. The van der Waals surface area contributed by atoms with Crippen molar-refractivity contribution < 1.29 is 18.7 Å². The zero-order valence-electron chi connectivity index (χ0n) is 12.7. The van der Waals surface area contributed by atoms with Gasteiger partial charge in [0.1, 0.15) is 5.82 Å². The second-order valence-corrected chi connectivity index (χ2v) is 5.45. The minimum Gasteiger partial charge on any atom is -0.452 e.